The molecule has 12 heavy (non-hydrogen) atoms. The maximum atomic E-state index is 3.63. The molecule has 0 heterocycles. The summed E-state index contributed by atoms with van der Waals surface area (Å²) in [5.74, 6) is 0. The molecule has 1 rings (SSSR count). The van der Waals surface area contributed by atoms with Crippen molar-refractivity contribution in [3.63, 3.8) is 0 Å². The molecule has 0 atom stereocenters. The third-order valence-corrected chi connectivity index (χ3v) is 5.60. The Morgan fingerprint density at radius 3 is 1.50 bits per heavy atom. The Hall–Kier alpha value is -0.0831. The van der Waals surface area contributed by atoms with Gasteiger partial charge in [-0.15, -0.1) is 0 Å². The number of halogens is 1. The van der Waals surface area contributed by atoms with Crippen molar-refractivity contribution in [3.05, 3.63) is 26.7 Å². The van der Waals surface area contributed by atoms with E-state index in [4.69, 9.17) is 0 Å². The summed E-state index contributed by atoms with van der Waals surface area (Å²) in [6.07, 6.45) is 0. The van der Waals surface area contributed by atoms with Crippen LogP contribution in [0.1, 0.15) is 22.3 Å². The van der Waals surface area contributed by atoms with E-state index in [9.17, 15) is 0 Å². The van der Waals surface area contributed by atoms with Gasteiger partial charge in [0.2, 0.25) is 0 Å². The van der Waals surface area contributed by atoms with E-state index in [2.05, 4.69) is 43.6 Å². The molecule has 0 aliphatic heterocycles. The van der Waals surface area contributed by atoms with Gasteiger partial charge in [-0.3, -0.25) is 0 Å². The van der Waals surface area contributed by atoms with E-state index in [1.165, 1.54) is 26.7 Å². The lowest BCUT2D eigenvalue weighted by Gasteiger charge is -2.14. The minimum Gasteiger partial charge on any atom is -0.0645 e. The molecule has 0 saturated carbocycles. The van der Waals surface area contributed by atoms with Crippen molar-refractivity contribution in [2.24, 2.45) is 0 Å². The van der Waals surface area contributed by atoms with Crippen molar-refractivity contribution in [1.82, 2.24) is 0 Å². The van der Waals surface area contributed by atoms with Gasteiger partial charge in [-0.2, -0.15) is 0 Å². The second-order valence-electron chi connectivity index (χ2n) is 3.44. The summed E-state index contributed by atoms with van der Waals surface area (Å²) >= 11 is 3.63. The zero-order chi connectivity index (χ0) is 9.46. The van der Waals surface area contributed by atoms with Gasteiger partial charge in [0.05, 0.1) is 0 Å². The molecule has 2 heteroatoms. The molecule has 0 bridgehead atoms. The van der Waals surface area contributed by atoms with E-state index in [1.54, 1.807) is 5.19 Å². The minimum atomic E-state index is 1.15. The van der Waals surface area contributed by atoms with Crippen LogP contribution in [-0.4, -0.2) is 10.2 Å². The van der Waals surface area contributed by atoms with Crippen LogP contribution in [0.3, 0.4) is 0 Å². The average molecular weight is 243 g/mol. The van der Waals surface area contributed by atoms with Crippen molar-refractivity contribution in [3.8, 4) is 0 Å². The van der Waals surface area contributed by atoms with Crippen LogP contribution in [0.4, 0.5) is 0 Å². The molecule has 0 aliphatic rings. The Morgan fingerprint density at radius 1 is 0.833 bits per heavy atom. The van der Waals surface area contributed by atoms with Crippen LogP contribution in [0.25, 0.3) is 0 Å². The number of rotatable bonds is 0. The molecule has 0 fully saturated rings. The van der Waals surface area contributed by atoms with Crippen LogP contribution in [0.15, 0.2) is 4.47 Å². The highest BCUT2D eigenvalue weighted by Gasteiger charge is 2.08. The van der Waals surface area contributed by atoms with Crippen LogP contribution >= 0.6 is 15.9 Å². The van der Waals surface area contributed by atoms with E-state index in [-0.39, 0.29) is 0 Å². The first-order valence-electron chi connectivity index (χ1n) is 4.19. The molecule has 0 unspecified atom stereocenters. The third-order valence-electron chi connectivity index (χ3n) is 2.91. The van der Waals surface area contributed by atoms with E-state index >= 15 is 0 Å². The average Bonchev–Trinajstić information content (AvgIpc) is 2.08. The zero-order valence-corrected chi connectivity index (χ0v) is 12.0. The standard InChI is InChI=1S/C10H15BrSi/c1-5-7(3)10(12)8(4)6(2)9(5)11/h1-4,12H3. The molecular weight excluding hydrogens is 228 g/mol. The second-order valence-corrected chi connectivity index (χ2v) is 5.23. The van der Waals surface area contributed by atoms with Gasteiger partial charge in [0, 0.05) is 14.7 Å². The molecule has 0 N–H and O–H groups in total. The summed E-state index contributed by atoms with van der Waals surface area (Å²) in [5, 5.41) is 1.56. The lowest BCUT2D eigenvalue weighted by atomic mass is 10.0. The lowest BCUT2D eigenvalue weighted by Crippen LogP contribution is -2.15. The van der Waals surface area contributed by atoms with Crippen LogP contribution in [-0.2, 0) is 0 Å². The number of hydrogen-bond donors (Lipinski definition) is 0. The largest absolute Gasteiger partial charge is 0.0645 e. The van der Waals surface area contributed by atoms with Crippen molar-refractivity contribution in [1.29, 1.82) is 0 Å². The Kier molecular flexibility index (Phi) is 2.79. The highest BCUT2D eigenvalue weighted by molar-refractivity contribution is 9.10. The SMILES string of the molecule is Cc1c(C)c(Br)c(C)c(C)c1[SiH3]. The fourth-order valence-corrected chi connectivity index (χ4v) is 2.80. The number of hydrogen-bond acceptors (Lipinski definition) is 0. The molecule has 0 nitrogen and oxygen atoms in total. The third kappa shape index (κ3) is 1.38. The first kappa shape index (κ1) is 10.0. The van der Waals surface area contributed by atoms with Crippen molar-refractivity contribution >= 4 is 31.4 Å². The van der Waals surface area contributed by atoms with Gasteiger partial charge < -0.3 is 0 Å². The van der Waals surface area contributed by atoms with Gasteiger partial charge in [-0.1, -0.05) is 21.1 Å². The van der Waals surface area contributed by atoms with Crippen LogP contribution in [0.5, 0.6) is 0 Å². The van der Waals surface area contributed by atoms with Gasteiger partial charge in [-0.05, 0) is 49.9 Å². The van der Waals surface area contributed by atoms with Gasteiger partial charge in [0.15, 0.2) is 0 Å². The summed E-state index contributed by atoms with van der Waals surface area (Å²) in [5.41, 5.74) is 5.75. The zero-order valence-electron chi connectivity index (χ0n) is 8.38. The predicted molar refractivity (Wildman–Crippen MR) is 62.7 cm³/mol. The van der Waals surface area contributed by atoms with Crippen molar-refractivity contribution in [2.45, 2.75) is 27.7 Å². The maximum Gasteiger partial charge on any atom is 0.0392 e. The first-order chi connectivity index (χ1) is 5.46. The summed E-state index contributed by atoms with van der Waals surface area (Å²) in [4.78, 5) is 0. The molecule has 1 aromatic rings. The Morgan fingerprint density at radius 2 is 1.17 bits per heavy atom. The van der Waals surface area contributed by atoms with E-state index < -0.39 is 0 Å². The smallest absolute Gasteiger partial charge is 0.0392 e. The molecule has 0 amide bonds. The predicted octanol–water partition coefficient (Wildman–Crippen LogP) is 1.67. The summed E-state index contributed by atoms with van der Waals surface area (Å²) in [7, 11) is 1.15. The number of benzene rings is 1. The van der Waals surface area contributed by atoms with Gasteiger partial charge in [0.25, 0.3) is 0 Å². The van der Waals surface area contributed by atoms with Crippen molar-refractivity contribution < 1.29 is 0 Å². The Labute approximate surface area is 85.9 Å². The molecule has 1 aromatic carbocycles. The van der Waals surface area contributed by atoms with Gasteiger partial charge in [-0.25, -0.2) is 0 Å². The minimum absolute atomic E-state index is 1.15. The van der Waals surface area contributed by atoms with Gasteiger partial charge in [0.1, 0.15) is 0 Å². The second kappa shape index (κ2) is 3.34. The highest BCUT2D eigenvalue weighted by Crippen LogP contribution is 2.24. The maximum absolute atomic E-state index is 3.63. The van der Waals surface area contributed by atoms with E-state index in [0.717, 1.165) is 10.2 Å². The van der Waals surface area contributed by atoms with E-state index in [0.29, 0.717) is 0 Å². The summed E-state index contributed by atoms with van der Waals surface area (Å²) in [6, 6.07) is 0. The molecule has 0 aliphatic carbocycles. The highest BCUT2D eigenvalue weighted by atomic mass is 79.9. The Balaban J connectivity index is 3.60. The molecule has 0 spiro atoms. The molecule has 0 aromatic heterocycles. The lowest BCUT2D eigenvalue weighted by molar-refractivity contribution is 1.24. The van der Waals surface area contributed by atoms with E-state index in [1.807, 2.05) is 0 Å². The molecule has 0 saturated heterocycles. The monoisotopic (exact) mass is 242 g/mol. The van der Waals surface area contributed by atoms with Crippen LogP contribution < -0.4 is 5.19 Å². The summed E-state index contributed by atoms with van der Waals surface area (Å²) in [6.45, 7) is 8.81. The normalized spacial score (nSPS) is 10.8. The molecule has 66 valence electrons. The van der Waals surface area contributed by atoms with Gasteiger partial charge >= 0.3 is 0 Å². The first-order valence-corrected chi connectivity index (χ1v) is 5.98. The Bertz CT molecular complexity index is 224. The molecule has 0 radical (unpaired) electrons. The summed E-state index contributed by atoms with van der Waals surface area (Å²) < 4.78 is 1.29. The fraction of sp³-hybridized carbons (Fsp3) is 0.400. The molecular formula is C10H15BrSi. The fourth-order valence-electron chi connectivity index (χ4n) is 1.45. The van der Waals surface area contributed by atoms with Crippen molar-refractivity contribution in [2.75, 3.05) is 0 Å². The topological polar surface area (TPSA) is 0 Å². The van der Waals surface area contributed by atoms with Crippen LogP contribution in [0, 0.1) is 27.7 Å². The quantitative estimate of drug-likeness (QED) is 0.608. The van der Waals surface area contributed by atoms with Crippen LogP contribution in [0.2, 0.25) is 0 Å².